The minimum absolute atomic E-state index is 0.0930. The first-order valence-electron chi connectivity index (χ1n) is 7.08. The van der Waals surface area contributed by atoms with Crippen molar-refractivity contribution in [2.24, 2.45) is 11.1 Å². The van der Waals surface area contributed by atoms with Gasteiger partial charge in [-0.15, -0.1) is 0 Å². The number of nitrogens with zero attached hydrogens (tertiary/aromatic N) is 1. The van der Waals surface area contributed by atoms with Crippen LogP contribution in [0, 0.1) is 29.4 Å². The predicted molar refractivity (Wildman–Crippen MR) is 83.3 cm³/mol. The number of rotatable bonds is 6. The molecular formula is C15H23N3O3. The van der Waals surface area contributed by atoms with Gasteiger partial charge in [0.15, 0.2) is 0 Å². The molecule has 0 heterocycles. The van der Waals surface area contributed by atoms with E-state index in [1.54, 1.807) is 13.0 Å². The summed E-state index contributed by atoms with van der Waals surface area (Å²) in [5, 5.41) is 13.8. The molecule has 0 spiro atoms. The molecule has 6 heteroatoms. The molecule has 0 bridgehead atoms. The van der Waals surface area contributed by atoms with Gasteiger partial charge in [0, 0.05) is 12.6 Å². The maximum Gasteiger partial charge on any atom is 0.293 e. The maximum absolute atomic E-state index is 12.5. The number of nitrogens with two attached hydrogens (primary N) is 1. The lowest BCUT2D eigenvalue weighted by molar-refractivity contribution is -0.384. The van der Waals surface area contributed by atoms with Crippen LogP contribution in [0.3, 0.4) is 0 Å². The summed E-state index contributed by atoms with van der Waals surface area (Å²) in [5.41, 5.74) is 6.90. The van der Waals surface area contributed by atoms with Gasteiger partial charge in [-0.2, -0.15) is 0 Å². The fourth-order valence-electron chi connectivity index (χ4n) is 2.26. The number of amides is 1. The number of carbonyl (C=O) groups is 1. The fourth-order valence-corrected chi connectivity index (χ4v) is 2.26. The number of hydrogen-bond acceptors (Lipinski definition) is 4. The molecule has 0 unspecified atom stereocenters. The van der Waals surface area contributed by atoms with Gasteiger partial charge in [-0.25, -0.2) is 0 Å². The maximum atomic E-state index is 12.5. The van der Waals surface area contributed by atoms with E-state index < -0.39 is 10.3 Å². The number of nitrogens with one attached hydrogen (secondary N) is 1. The average molecular weight is 293 g/mol. The van der Waals surface area contributed by atoms with Crippen molar-refractivity contribution in [2.75, 3.05) is 11.9 Å². The standard InChI is InChI=1S/C15H23N3O3/c1-5-15(6-2,9-16)14(19)17-12-7-10(3)11(4)8-13(12)18(20)21/h7-8H,5-6,9,16H2,1-4H3,(H,17,19). The summed E-state index contributed by atoms with van der Waals surface area (Å²) in [6, 6.07) is 3.12. The lowest BCUT2D eigenvalue weighted by Gasteiger charge is -2.28. The molecular weight excluding hydrogens is 270 g/mol. The number of anilines is 1. The van der Waals surface area contributed by atoms with Crippen LogP contribution >= 0.6 is 0 Å². The van der Waals surface area contributed by atoms with Crippen LogP contribution in [-0.2, 0) is 4.79 Å². The van der Waals surface area contributed by atoms with Crippen LogP contribution in [-0.4, -0.2) is 17.4 Å². The van der Waals surface area contributed by atoms with E-state index in [-0.39, 0.29) is 23.8 Å². The third kappa shape index (κ3) is 3.39. The van der Waals surface area contributed by atoms with Crippen LogP contribution in [0.2, 0.25) is 0 Å². The van der Waals surface area contributed by atoms with Crippen molar-refractivity contribution in [3.63, 3.8) is 0 Å². The molecule has 0 aliphatic heterocycles. The Morgan fingerprint density at radius 1 is 1.29 bits per heavy atom. The molecule has 1 rings (SSSR count). The first kappa shape index (κ1) is 17.1. The minimum Gasteiger partial charge on any atom is -0.329 e. The van der Waals surface area contributed by atoms with E-state index in [0.717, 1.165) is 11.1 Å². The number of nitro benzene ring substituents is 1. The Kier molecular flexibility index (Phi) is 5.43. The zero-order valence-electron chi connectivity index (χ0n) is 13.0. The molecule has 0 aliphatic rings. The number of nitro groups is 1. The van der Waals surface area contributed by atoms with Crippen molar-refractivity contribution < 1.29 is 9.72 Å². The highest BCUT2D eigenvalue weighted by Gasteiger charge is 2.34. The number of aryl methyl sites for hydroxylation is 2. The molecule has 1 aromatic carbocycles. The van der Waals surface area contributed by atoms with Crippen molar-refractivity contribution >= 4 is 17.3 Å². The fraction of sp³-hybridized carbons (Fsp3) is 0.533. The highest BCUT2D eigenvalue weighted by molar-refractivity contribution is 5.97. The van der Waals surface area contributed by atoms with Crippen LogP contribution in [0.5, 0.6) is 0 Å². The van der Waals surface area contributed by atoms with Crippen LogP contribution in [0.25, 0.3) is 0 Å². The molecule has 0 atom stereocenters. The summed E-state index contributed by atoms with van der Waals surface area (Å²) in [4.78, 5) is 23.2. The first-order chi connectivity index (χ1) is 9.81. The summed E-state index contributed by atoms with van der Waals surface area (Å²) in [6.07, 6.45) is 1.18. The molecule has 0 aromatic heterocycles. The third-order valence-corrected chi connectivity index (χ3v) is 4.28. The van der Waals surface area contributed by atoms with Gasteiger partial charge < -0.3 is 11.1 Å². The lowest BCUT2D eigenvalue weighted by atomic mass is 9.81. The molecule has 0 fully saturated rings. The Balaban J connectivity index is 3.21. The molecule has 21 heavy (non-hydrogen) atoms. The highest BCUT2D eigenvalue weighted by atomic mass is 16.6. The van der Waals surface area contributed by atoms with E-state index in [1.165, 1.54) is 6.07 Å². The van der Waals surface area contributed by atoms with Gasteiger partial charge in [0.05, 0.1) is 10.3 Å². The van der Waals surface area contributed by atoms with E-state index in [1.807, 2.05) is 20.8 Å². The zero-order chi connectivity index (χ0) is 16.2. The lowest BCUT2D eigenvalue weighted by Crippen LogP contribution is -2.41. The molecule has 0 saturated carbocycles. The van der Waals surface area contributed by atoms with Gasteiger partial charge >= 0.3 is 0 Å². The summed E-state index contributed by atoms with van der Waals surface area (Å²) in [7, 11) is 0. The molecule has 6 nitrogen and oxygen atoms in total. The second kappa shape index (κ2) is 6.67. The highest BCUT2D eigenvalue weighted by Crippen LogP contribution is 2.32. The second-order valence-corrected chi connectivity index (χ2v) is 5.36. The Labute approximate surface area is 124 Å². The predicted octanol–water partition coefficient (Wildman–Crippen LogP) is 2.92. The smallest absolute Gasteiger partial charge is 0.293 e. The molecule has 1 aromatic rings. The quantitative estimate of drug-likeness (QED) is 0.622. The average Bonchev–Trinajstić information content (AvgIpc) is 2.44. The molecule has 1 amide bonds. The van der Waals surface area contributed by atoms with Crippen molar-refractivity contribution in [2.45, 2.75) is 40.5 Å². The molecule has 3 N–H and O–H groups in total. The van der Waals surface area contributed by atoms with Gasteiger partial charge in [0.2, 0.25) is 5.91 Å². The molecule has 116 valence electrons. The van der Waals surface area contributed by atoms with Crippen molar-refractivity contribution in [3.8, 4) is 0 Å². The molecule has 0 saturated heterocycles. The molecule has 0 radical (unpaired) electrons. The van der Waals surface area contributed by atoms with Gasteiger partial charge in [-0.3, -0.25) is 14.9 Å². The van der Waals surface area contributed by atoms with Crippen molar-refractivity contribution in [3.05, 3.63) is 33.4 Å². The normalized spacial score (nSPS) is 11.3. The monoisotopic (exact) mass is 293 g/mol. The zero-order valence-corrected chi connectivity index (χ0v) is 13.0. The van der Waals surface area contributed by atoms with Crippen LogP contribution in [0.1, 0.15) is 37.8 Å². The Morgan fingerprint density at radius 2 is 1.81 bits per heavy atom. The first-order valence-corrected chi connectivity index (χ1v) is 7.08. The van der Waals surface area contributed by atoms with Gasteiger partial charge in [-0.05, 0) is 43.9 Å². The Bertz CT molecular complexity index is 543. The van der Waals surface area contributed by atoms with Crippen LogP contribution in [0.15, 0.2) is 12.1 Å². The number of benzene rings is 1. The van der Waals surface area contributed by atoms with Crippen molar-refractivity contribution in [1.82, 2.24) is 0 Å². The summed E-state index contributed by atoms with van der Waals surface area (Å²) >= 11 is 0. The van der Waals surface area contributed by atoms with E-state index in [9.17, 15) is 14.9 Å². The summed E-state index contributed by atoms with van der Waals surface area (Å²) in [5.74, 6) is -0.263. The minimum atomic E-state index is -0.688. The number of carbonyl (C=O) groups excluding carboxylic acids is 1. The summed E-state index contributed by atoms with van der Waals surface area (Å²) in [6.45, 7) is 7.65. The Hall–Kier alpha value is -1.95. The second-order valence-electron chi connectivity index (χ2n) is 5.36. The largest absolute Gasteiger partial charge is 0.329 e. The van der Waals surface area contributed by atoms with E-state index in [0.29, 0.717) is 12.8 Å². The SMILES string of the molecule is CCC(CC)(CN)C(=O)Nc1cc(C)c(C)cc1[N+](=O)[O-]. The van der Waals surface area contributed by atoms with Crippen molar-refractivity contribution in [1.29, 1.82) is 0 Å². The van der Waals surface area contributed by atoms with Gasteiger partial charge in [0.25, 0.3) is 5.69 Å². The van der Waals surface area contributed by atoms with Gasteiger partial charge in [-0.1, -0.05) is 13.8 Å². The topological polar surface area (TPSA) is 98.3 Å². The van der Waals surface area contributed by atoms with E-state index in [2.05, 4.69) is 5.32 Å². The summed E-state index contributed by atoms with van der Waals surface area (Å²) < 4.78 is 0. The number of hydrogen-bond donors (Lipinski definition) is 2. The molecule has 0 aliphatic carbocycles. The van der Waals surface area contributed by atoms with E-state index in [4.69, 9.17) is 5.73 Å². The third-order valence-electron chi connectivity index (χ3n) is 4.28. The van der Waals surface area contributed by atoms with Gasteiger partial charge in [0.1, 0.15) is 5.69 Å². The van der Waals surface area contributed by atoms with Crippen LogP contribution < -0.4 is 11.1 Å². The Morgan fingerprint density at radius 3 is 2.24 bits per heavy atom. The van der Waals surface area contributed by atoms with Crippen LogP contribution in [0.4, 0.5) is 11.4 Å². The van der Waals surface area contributed by atoms with E-state index >= 15 is 0 Å².